The highest BCUT2D eigenvalue weighted by Crippen LogP contribution is 2.62. The van der Waals surface area contributed by atoms with E-state index in [4.69, 9.17) is 94.7 Å². The van der Waals surface area contributed by atoms with Crippen molar-refractivity contribution < 1.29 is 94.7 Å². The fraction of sp³-hybridized carbons (Fsp3) is 0.478. The Labute approximate surface area is 800 Å². The minimum absolute atomic E-state index is 0.381. The first-order valence-electron chi connectivity index (χ1n) is 48.6. The monoisotopic (exact) mass is 1840 g/mol. The lowest BCUT2D eigenvalue weighted by Gasteiger charge is -2.34. The molecule has 0 radical (unpaired) electrons. The first-order chi connectivity index (χ1) is 66.5. The number of methoxy groups -OCH3 is 10. The van der Waals surface area contributed by atoms with Gasteiger partial charge in [-0.1, -0.05) is 146 Å². The van der Waals surface area contributed by atoms with Crippen molar-refractivity contribution in [2.45, 2.75) is 91.3 Å². The van der Waals surface area contributed by atoms with Crippen LogP contribution in [0.4, 0.5) is 0 Å². The second-order valence-electron chi connectivity index (χ2n) is 36.1. The third-order valence-corrected chi connectivity index (χ3v) is 29.0. The van der Waals surface area contributed by atoms with Crippen LogP contribution in [0.2, 0.25) is 0 Å². The molecule has 0 N–H and O–H groups in total. The maximum absolute atomic E-state index is 6.66. The molecule has 0 heterocycles. The number of ether oxygens (including phenoxy) is 20. The summed E-state index contributed by atoms with van der Waals surface area (Å²) >= 11 is 0. The highest BCUT2D eigenvalue weighted by Gasteiger charge is 2.50. The standard InChI is InChI=1S/C115H142O20/c1-116-55-65-126-45-35-111(36-46-127-66-56-117-2)101-17-13-11-15-91(101)93-27-19-83(75-103(93)111)85-21-29-95-97-31-23-87(79-107(97)113(105(95)77-85,39-49-130-69-59-120-5)40-50-131-70-60-121-6)89-25-33-99-100-34-26-90(82-110(100)115(109(99)81-89,43-53-134-73-63-124-9)44-54-135-74-64-125-10)88-24-32-98-96-30-22-86(78-106(96)114(108(98)80-88,41-51-132-71-61-122-7)42-52-133-72-62-123-8)84-20-28-94-92-16-12-14-18-102(92)112(104(94)76-84,37-47-128-67-57-118-3)38-48-129-68-58-119-4/h11-34,75-82H,35-74H2,1-10H3. The van der Waals surface area contributed by atoms with E-state index in [0.717, 1.165) is 70.2 Å². The van der Waals surface area contributed by atoms with Gasteiger partial charge in [0.1, 0.15) is 0 Å². The molecule has 0 fully saturated rings. The van der Waals surface area contributed by atoms with E-state index in [0.29, 0.717) is 237 Å². The van der Waals surface area contributed by atoms with Gasteiger partial charge in [-0.15, -0.1) is 0 Å². The predicted octanol–water partition coefficient (Wildman–Crippen LogP) is 20.2. The second-order valence-corrected chi connectivity index (χ2v) is 36.1. The van der Waals surface area contributed by atoms with Crippen LogP contribution >= 0.6 is 0 Å². The second kappa shape index (κ2) is 49.8. The molecule has 135 heavy (non-hydrogen) atoms. The smallest absolute Gasteiger partial charge is 0.0700 e. The van der Waals surface area contributed by atoms with Crippen LogP contribution in [0.1, 0.15) is 120 Å². The first-order valence-corrected chi connectivity index (χ1v) is 48.6. The van der Waals surface area contributed by atoms with Gasteiger partial charge in [0.05, 0.1) is 132 Å². The van der Waals surface area contributed by atoms with Crippen LogP contribution in [-0.2, 0) is 122 Å². The van der Waals surface area contributed by atoms with E-state index in [1.165, 1.54) is 111 Å². The van der Waals surface area contributed by atoms with E-state index in [1.54, 1.807) is 71.1 Å². The summed E-state index contributed by atoms with van der Waals surface area (Å²) in [6, 6.07) is 75.3. The number of benzene rings is 10. The highest BCUT2D eigenvalue weighted by molar-refractivity contribution is 5.93. The van der Waals surface area contributed by atoms with Crippen LogP contribution in [0.15, 0.2) is 194 Å². The summed E-state index contributed by atoms with van der Waals surface area (Å²) in [7, 11) is 17.2. The molecule has 0 amide bonds. The van der Waals surface area contributed by atoms with Crippen molar-refractivity contribution in [2.75, 3.05) is 269 Å². The van der Waals surface area contributed by atoms with Gasteiger partial charge in [-0.25, -0.2) is 0 Å². The molecule has 0 unspecified atom stereocenters. The number of hydrogen-bond acceptors (Lipinski definition) is 20. The Kier molecular flexibility index (Phi) is 37.2. The van der Waals surface area contributed by atoms with Gasteiger partial charge in [-0.2, -0.15) is 0 Å². The Morgan fingerprint density at radius 3 is 0.400 bits per heavy atom. The van der Waals surface area contributed by atoms with E-state index in [-0.39, 0.29) is 10.8 Å². The average molecular weight is 1840 g/mol. The minimum Gasteiger partial charge on any atom is -0.382 e. The lowest BCUT2D eigenvalue weighted by atomic mass is 9.71. The Hall–Kier alpha value is -8.60. The summed E-state index contributed by atoms with van der Waals surface area (Å²) in [5, 5.41) is 0. The SMILES string of the molecule is COCCOCCC1(CCOCCOC)c2ccccc2-c2ccc(-c3ccc4c(c3)C(CCOCCOC)(CCOCCOC)c3cc(-c5ccc6c(c5)C(CCOCCOC)(CCOCCOC)c5cc(-c7ccc8c(c7)C(CCOCCOC)(CCOCCOC)c7cc(-c9ccc%10c(c9)C(CCOCCOC)(CCOCCOC)c9ccccc9-%10)ccc7-8)ccc5-6)ccc3-4)cc21. The van der Waals surface area contributed by atoms with Gasteiger partial charge < -0.3 is 94.7 Å². The van der Waals surface area contributed by atoms with E-state index in [2.05, 4.69) is 194 Å². The molecule has 10 aromatic rings. The van der Waals surface area contributed by atoms with Crippen molar-refractivity contribution in [1.29, 1.82) is 0 Å². The van der Waals surface area contributed by atoms with Crippen molar-refractivity contribution in [3.63, 3.8) is 0 Å². The van der Waals surface area contributed by atoms with Crippen molar-refractivity contribution >= 4 is 0 Å². The summed E-state index contributed by atoms with van der Waals surface area (Å²) < 4.78 is 121. The topological polar surface area (TPSA) is 185 Å². The lowest BCUT2D eigenvalue weighted by Crippen LogP contribution is -2.30. The summed E-state index contributed by atoms with van der Waals surface area (Å²) in [5.41, 5.74) is 31.5. The molecule has 0 aromatic heterocycles. The van der Waals surface area contributed by atoms with E-state index in [1.807, 2.05) is 0 Å². The van der Waals surface area contributed by atoms with Crippen molar-refractivity contribution in [1.82, 2.24) is 0 Å². The molecule has 722 valence electrons. The molecule has 0 saturated carbocycles. The zero-order valence-electron chi connectivity index (χ0n) is 81.4. The zero-order chi connectivity index (χ0) is 93.7. The van der Waals surface area contributed by atoms with Crippen LogP contribution in [0.3, 0.4) is 0 Å². The van der Waals surface area contributed by atoms with Gasteiger partial charge in [-0.05, 0) is 269 Å². The number of rotatable bonds is 64. The number of fused-ring (bicyclic) bond motifs is 15. The third-order valence-electron chi connectivity index (χ3n) is 29.0. The molecule has 0 atom stereocenters. The molecular weight excluding hydrogens is 1700 g/mol. The predicted molar refractivity (Wildman–Crippen MR) is 532 cm³/mol. The molecule has 5 aliphatic rings. The Bertz CT molecular complexity index is 5060. The van der Waals surface area contributed by atoms with Crippen LogP contribution in [0.25, 0.3) is 100 Å². The molecule has 0 saturated heterocycles. The van der Waals surface area contributed by atoms with Gasteiger partial charge in [0.15, 0.2) is 0 Å². The molecule has 0 spiro atoms. The van der Waals surface area contributed by atoms with Crippen LogP contribution in [0.5, 0.6) is 0 Å². The van der Waals surface area contributed by atoms with Crippen LogP contribution in [0, 0.1) is 0 Å². The molecule has 20 nitrogen and oxygen atoms in total. The minimum atomic E-state index is -0.583. The lowest BCUT2D eigenvalue weighted by molar-refractivity contribution is 0.0490. The van der Waals surface area contributed by atoms with Crippen molar-refractivity contribution in [2.24, 2.45) is 0 Å². The van der Waals surface area contributed by atoms with Crippen LogP contribution < -0.4 is 0 Å². The summed E-state index contributed by atoms with van der Waals surface area (Å²) in [6.07, 6.45) is 7.25. The third kappa shape index (κ3) is 22.2. The largest absolute Gasteiger partial charge is 0.382 e. The summed E-state index contributed by atoms with van der Waals surface area (Å²) in [5.74, 6) is 0. The fourth-order valence-electron chi connectivity index (χ4n) is 22.1. The average Bonchev–Trinajstić information content (AvgIpc) is 1.56. The molecule has 0 aliphatic heterocycles. The molecule has 0 bridgehead atoms. The molecule has 5 aliphatic carbocycles. The fourth-order valence-corrected chi connectivity index (χ4v) is 22.1. The number of hydrogen-bond donors (Lipinski definition) is 0. The van der Waals surface area contributed by atoms with Gasteiger partial charge >= 0.3 is 0 Å². The van der Waals surface area contributed by atoms with Crippen molar-refractivity contribution in [3.05, 3.63) is 250 Å². The highest BCUT2D eigenvalue weighted by atomic mass is 16.6. The quantitative estimate of drug-likeness (QED) is 0.0328. The Balaban J connectivity index is 0.829. The summed E-state index contributed by atoms with van der Waals surface area (Å²) in [4.78, 5) is 0. The van der Waals surface area contributed by atoms with Gasteiger partial charge in [0.2, 0.25) is 0 Å². The van der Waals surface area contributed by atoms with E-state index in [9.17, 15) is 0 Å². The van der Waals surface area contributed by atoms with E-state index >= 15 is 0 Å². The van der Waals surface area contributed by atoms with Gasteiger partial charge in [0, 0.05) is 164 Å². The molecule has 15 rings (SSSR count). The Morgan fingerprint density at radius 1 is 0.133 bits per heavy atom. The molecular formula is C115H142O20. The zero-order valence-corrected chi connectivity index (χ0v) is 81.4. The van der Waals surface area contributed by atoms with Crippen LogP contribution in [-0.4, -0.2) is 269 Å². The maximum Gasteiger partial charge on any atom is 0.0700 e. The van der Waals surface area contributed by atoms with Crippen molar-refractivity contribution in [3.8, 4) is 100 Å². The summed E-state index contributed by atoms with van der Waals surface area (Å²) in [6.45, 7) is 15.1. The van der Waals surface area contributed by atoms with Gasteiger partial charge in [0.25, 0.3) is 0 Å². The molecule has 10 aromatic carbocycles. The Morgan fingerprint density at radius 2 is 0.259 bits per heavy atom. The van der Waals surface area contributed by atoms with Gasteiger partial charge in [-0.3, -0.25) is 0 Å². The first kappa shape index (κ1) is 101. The molecule has 20 heteroatoms. The maximum atomic E-state index is 6.66. The van der Waals surface area contributed by atoms with E-state index < -0.39 is 16.2 Å². The normalized spacial score (nSPS) is 14.7.